The molecule has 0 atom stereocenters. The summed E-state index contributed by atoms with van der Waals surface area (Å²) in [7, 11) is 4.06. The molecule has 25 heavy (non-hydrogen) atoms. The number of ether oxygens (including phenoxy) is 1. The SMILES string of the molecule is CN(C)CCOCc1nnc2n1CCN(Cc1ccc(F)cc1)CC2. The maximum atomic E-state index is 13.0. The van der Waals surface area contributed by atoms with E-state index < -0.39 is 0 Å². The van der Waals surface area contributed by atoms with Gasteiger partial charge < -0.3 is 14.2 Å². The Morgan fingerprint density at radius 3 is 2.68 bits per heavy atom. The number of hydrogen-bond acceptors (Lipinski definition) is 5. The topological polar surface area (TPSA) is 46.4 Å². The van der Waals surface area contributed by atoms with E-state index in [1.54, 1.807) is 0 Å². The summed E-state index contributed by atoms with van der Waals surface area (Å²) < 4.78 is 20.9. The number of fused-ring (bicyclic) bond motifs is 1. The van der Waals surface area contributed by atoms with Crippen LogP contribution in [0.25, 0.3) is 0 Å². The third-order valence-corrected chi connectivity index (χ3v) is 4.43. The van der Waals surface area contributed by atoms with E-state index in [-0.39, 0.29) is 5.82 Å². The van der Waals surface area contributed by atoms with Crippen LogP contribution in [-0.4, -0.2) is 64.9 Å². The zero-order chi connectivity index (χ0) is 17.6. The number of hydrogen-bond donors (Lipinski definition) is 0. The highest BCUT2D eigenvalue weighted by atomic mass is 19.1. The van der Waals surface area contributed by atoms with E-state index >= 15 is 0 Å². The van der Waals surface area contributed by atoms with Crippen LogP contribution in [0.5, 0.6) is 0 Å². The van der Waals surface area contributed by atoms with Crippen molar-refractivity contribution in [3.63, 3.8) is 0 Å². The first-order valence-corrected chi connectivity index (χ1v) is 8.72. The molecule has 0 saturated heterocycles. The molecule has 2 aromatic rings. The number of nitrogens with zero attached hydrogens (tertiary/aromatic N) is 5. The standard InChI is InChI=1S/C18H26FN5O/c1-22(2)11-12-25-14-18-21-20-17-7-8-23(9-10-24(17)18)13-15-3-5-16(19)6-4-15/h3-6H,7-14H2,1-2H3. The molecule has 0 amide bonds. The van der Waals surface area contributed by atoms with Crippen LogP contribution in [0.2, 0.25) is 0 Å². The van der Waals surface area contributed by atoms with Crippen LogP contribution < -0.4 is 0 Å². The molecule has 0 radical (unpaired) electrons. The molecule has 0 spiro atoms. The lowest BCUT2D eigenvalue weighted by Gasteiger charge is -2.19. The van der Waals surface area contributed by atoms with Crippen molar-refractivity contribution < 1.29 is 9.13 Å². The largest absolute Gasteiger partial charge is 0.372 e. The van der Waals surface area contributed by atoms with Gasteiger partial charge in [-0.25, -0.2) is 4.39 Å². The number of halogens is 1. The van der Waals surface area contributed by atoms with Gasteiger partial charge >= 0.3 is 0 Å². The van der Waals surface area contributed by atoms with E-state index in [2.05, 4.69) is 24.6 Å². The van der Waals surface area contributed by atoms with Gasteiger partial charge in [0.25, 0.3) is 0 Å². The molecule has 0 aliphatic carbocycles. The van der Waals surface area contributed by atoms with Gasteiger partial charge in [0, 0.05) is 39.1 Å². The van der Waals surface area contributed by atoms with Crippen molar-refractivity contribution in [3.05, 3.63) is 47.3 Å². The number of likely N-dealkylation sites (N-methyl/N-ethyl adjacent to an activating group) is 1. The van der Waals surface area contributed by atoms with Crippen molar-refractivity contribution in [2.24, 2.45) is 0 Å². The van der Waals surface area contributed by atoms with Crippen LogP contribution in [0, 0.1) is 5.82 Å². The Kier molecular flexibility index (Phi) is 6.12. The van der Waals surface area contributed by atoms with Crippen molar-refractivity contribution in [1.29, 1.82) is 0 Å². The molecule has 6 nitrogen and oxygen atoms in total. The van der Waals surface area contributed by atoms with Gasteiger partial charge in [-0.1, -0.05) is 12.1 Å². The Morgan fingerprint density at radius 2 is 1.92 bits per heavy atom. The number of aromatic nitrogens is 3. The highest BCUT2D eigenvalue weighted by molar-refractivity contribution is 5.16. The maximum absolute atomic E-state index is 13.0. The van der Waals surface area contributed by atoms with Gasteiger partial charge in [-0.15, -0.1) is 10.2 Å². The fourth-order valence-electron chi connectivity index (χ4n) is 2.95. The minimum absolute atomic E-state index is 0.190. The van der Waals surface area contributed by atoms with Crippen molar-refractivity contribution in [3.8, 4) is 0 Å². The molecule has 1 aliphatic rings. The van der Waals surface area contributed by atoms with Crippen molar-refractivity contribution in [2.75, 3.05) is 40.3 Å². The van der Waals surface area contributed by atoms with Crippen molar-refractivity contribution in [2.45, 2.75) is 26.1 Å². The summed E-state index contributed by atoms with van der Waals surface area (Å²) in [6.45, 7) is 5.62. The van der Waals surface area contributed by atoms with Gasteiger partial charge in [0.2, 0.25) is 0 Å². The van der Waals surface area contributed by atoms with Gasteiger partial charge in [-0.05, 0) is 31.8 Å². The first-order chi connectivity index (χ1) is 12.1. The fraction of sp³-hybridized carbons (Fsp3) is 0.556. The van der Waals surface area contributed by atoms with Gasteiger partial charge in [0.05, 0.1) is 6.61 Å². The van der Waals surface area contributed by atoms with E-state index in [9.17, 15) is 4.39 Å². The Morgan fingerprint density at radius 1 is 1.12 bits per heavy atom. The Labute approximate surface area is 148 Å². The molecule has 3 rings (SSSR count). The molecule has 0 saturated carbocycles. The van der Waals surface area contributed by atoms with Gasteiger partial charge in [0.15, 0.2) is 5.82 Å². The molecule has 2 heterocycles. The summed E-state index contributed by atoms with van der Waals surface area (Å²) >= 11 is 0. The summed E-state index contributed by atoms with van der Waals surface area (Å²) in [4.78, 5) is 4.47. The summed E-state index contributed by atoms with van der Waals surface area (Å²) in [6.07, 6.45) is 0.867. The molecular weight excluding hydrogens is 321 g/mol. The minimum atomic E-state index is -0.190. The first kappa shape index (κ1) is 18.0. The molecule has 1 aromatic heterocycles. The van der Waals surface area contributed by atoms with Gasteiger partial charge in [0.1, 0.15) is 18.2 Å². The second kappa shape index (κ2) is 8.51. The predicted octanol–water partition coefficient (Wildman–Crippen LogP) is 1.55. The maximum Gasteiger partial charge on any atom is 0.159 e. The molecule has 1 aliphatic heterocycles. The quantitative estimate of drug-likeness (QED) is 0.711. The molecule has 1 aromatic carbocycles. The van der Waals surface area contributed by atoms with E-state index in [1.807, 2.05) is 26.2 Å². The average molecular weight is 347 g/mol. The van der Waals surface area contributed by atoms with Crippen LogP contribution in [0.15, 0.2) is 24.3 Å². The van der Waals surface area contributed by atoms with Crippen molar-refractivity contribution in [1.82, 2.24) is 24.6 Å². The third kappa shape index (κ3) is 5.07. The van der Waals surface area contributed by atoms with Crippen LogP contribution in [-0.2, 0) is 30.9 Å². The Balaban J connectivity index is 1.54. The summed E-state index contributed by atoms with van der Waals surface area (Å²) in [5, 5.41) is 8.62. The molecule has 136 valence electrons. The van der Waals surface area contributed by atoms with Crippen LogP contribution in [0.1, 0.15) is 17.2 Å². The van der Waals surface area contributed by atoms with Crippen LogP contribution in [0.4, 0.5) is 4.39 Å². The smallest absolute Gasteiger partial charge is 0.159 e. The van der Waals surface area contributed by atoms with Gasteiger partial charge in [-0.2, -0.15) is 0 Å². The summed E-state index contributed by atoms with van der Waals surface area (Å²) in [6, 6.07) is 6.74. The minimum Gasteiger partial charge on any atom is -0.372 e. The average Bonchev–Trinajstić information content (AvgIpc) is 2.86. The lowest BCUT2D eigenvalue weighted by molar-refractivity contribution is 0.0978. The van der Waals surface area contributed by atoms with Gasteiger partial charge in [-0.3, -0.25) is 4.90 Å². The molecule has 0 bridgehead atoms. The van der Waals surface area contributed by atoms with E-state index in [1.165, 1.54) is 12.1 Å². The zero-order valence-electron chi connectivity index (χ0n) is 15.0. The molecular formula is C18H26FN5O. The Hall–Kier alpha value is -1.83. The second-order valence-electron chi connectivity index (χ2n) is 6.69. The van der Waals surface area contributed by atoms with E-state index in [0.29, 0.717) is 13.2 Å². The third-order valence-electron chi connectivity index (χ3n) is 4.43. The van der Waals surface area contributed by atoms with E-state index in [0.717, 1.165) is 56.4 Å². The summed E-state index contributed by atoms with van der Waals surface area (Å²) in [5.74, 6) is 1.73. The predicted molar refractivity (Wildman–Crippen MR) is 93.6 cm³/mol. The zero-order valence-corrected chi connectivity index (χ0v) is 15.0. The molecule has 0 N–H and O–H groups in total. The second-order valence-corrected chi connectivity index (χ2v) is 6.69. The molecule has 7 heteroatoms. The highest BCUT2D eigenvalue weighted by Crippen LogP contribution is 2.13. The van der Waals surface area contributed by atoms with E-state index in [4.69, 9.17) is 4.74 Å². The number of rotatable bonds is 7. The normalized spacial score (nSPS) is 15.4. The lowest BCUT2D eigenvalue weighted by Crippen LogP contribution is -2.26. The lowest BCUT2D eigenvalue weighted by atomic mass is 10.2. The van der Waals surface area contributed by atoms with Crippen LogP contribution >= 0.6 is 0 Å². The first-order valence-electron chi connectivity index (χ1n) is 8.72. The van der Waals surface area contributed by atoms with Crippen molar-refractivity contribution >= 4 is 0 Å². The fourth-order valence-corrected chi connectivity index (χ4v) is 2.95. The monoisotopic (exact) mass is 347 g/mol. The summed E-state index contributed by atoms with van der Waals surface area (Å²) in [5.41, 5.74) is 1.13. The van der Waals surface area contributed by atoms with Crippen LogP contribution in [0.3, 0.4) is 0 Å². The highest BCUT2D eigenvalue weighted by Gasteiger charge is 2.18. The Bertz CT molecular complexity index is 671. The molecule has 0 unspecified atom stereocenters. The molecule has 0 fully saturated rings. The number of benzene rings is 1.